The largest absolute Gasteiger partial charge is 0.454 e. The van der Waals surface area contributed by atoms with Crippen LogP contribution in [-0.4, -0.2) is 12.0 Å². The van der Waals surface area contributed by atoms with Crippen molar-refractivity contribution >= 4 is 23.1 Å². The smallest absolute Gasteiger partial charge is 0.368 e. The molecule has 2 nitrogen and oxygen atoms in total. The quantitative estimate of drug-likeness (QED) is 0.236. The SMILES string of the molecule is O=C(c1ccc(NC(c2ccccc2)(c2ccccc2)c2cccc(Cl)c2)cc1)C(F)(F)F. The molecular formula is C27H19ClF3NO. The fourth-order valence-electron chi connectivity index (χ4n) is 3.90. The van der Waals surface area contributed by atoms with Gasteiger partial charge in [-0.25, -0.2) is 0 Å². The number of carbonyl (C=O) groups is 1. The molecule has 4 rings (SSSR count). The molecule has 0 fully saturated rings. The van der Waals surface area contributed by atoms with Gasteiger partial charge in [-0.05, 0) is 53.1 Å². The molecule has 6 heteroatoms. The number of Topliss-reactive ketones (excluding diaryl/α,β-unsaturated/α-hetero) is 1. The van der Waals surface area contributed by atoms with E-state index in [0.717, 1.165) is 16.7 Å². The van der Waals surface area contributed by atoms with Gasteiger partial charge in [0, 0.05) is 16.3 Å². The van der Waals surface area contributed by atoms with Crippen LogP contribution in [0.2, 0.25) is 5.02 Å². The van der Waals surface area contributed by atoms with E-state index in [1.807, 2.05) is 78.9 Å². The summed E-state index contributed by atoms with van der Waals surface area (Å²) in [5, 5.41) is 4.07. The Morgan fingerprint density at radius 3 is 1.67 bits per heavy atom. The van der Waals surface area contributed by atoms with Crippen LogP contribution in [0.3, 0.4) is 0 Å². The van der Waals surface area contributed by atoms with E-state index in [2.05, 4.69) is 5.32 Å². The van der Waals surface area contributed by atoms with Gasteiger partial charge in [0.2, 0.25) is 0 Å². The number of anilines is 1. The van der Waals surface area contributed by atoms with Crippen LogP contribution in [0.5, 0.6) is 0 Å². The second kappa shape index (κ2) is 9.12. The standard InChI is InChI=1S/C27H19ClF3NO/c28-23-13-7-12-22(18-23)26(20-8-3-1-4-9-20,21-10-5-2-6-11-21)32-24-16-14-19(15-17-24)25(33)27(29,30)31/h1-18,32H. The third-order valence-electron chi connectivity index (χ3n) is 5.41. The maximum absolute atomic E-state index is 12.8. The Labute approximate surface area is 194 Å². The molecule has 33 heavy (non-hydrogen) atoms. The first-order valence-corrected chi connectivity index (χ1v) is 10.6. The van der Waals surface area contributed by atoms with E-state index in [4.69, 9.17) is 11.6 Å². The van der Waals surface area contributed by atoms with Gasteiger partial charge in [0.15, 0.2) is 0 Å². The van der Waals surface area contributed by atoms with Crippen molar-refractivity contribution in [1.29, 1.82) is 0 Å². The van der Waals surface area contributed by atoms with Crippen molar-refractivity contribution in [3.63, 3.8) is 0 Å². The highest BCUT2D eigenvalue weighted by atomic mass is 35.5. The van der Waals surface area contributed by atoms with Gasteiger partial charge in [0.1, 0.15) is 5.54 Å². The van der Waals surface area contributed by atoms with Crippen molar-refractivity contribution in [1.82, 2.24) is 0 Å². The first-order chi connectivity index (χ1) is 15.8. The van der Waals surface area contributed by atoms with Crippen LogP contribution in [-0.2, 0) is 5.54 Å². The van der Waals surface area contributed by atoms with Gasteiger partial charge in [0.25, 0.3) is 5.78 Å². The lowest BCUT2D eigenvalue weighted by Gasteiger charge is -2.38. The second-order valence-corrected chi connectivity index (χ2v) is 7.96. The third kappa shape index (κ3) is 4.64. The Morgan fingerprint density at radius 2 is 1.18 bits per heavy atom. The second-order valence-electron chi connectivity index (χ2n) is 7.52. The highest BCUT2D eigenvalue weighted by Crippen LogP contribution is 2.41. The van der Waals surface area contributed by atoms with Gasteiger partial charge >= 0.3 is 6.18 Å². The summed E-state index contributed by atoms with van der Waals surface area (Å²) >= 11 is 6.36. The average Bonchev–Trinajstić information content (AvgIpc) is 2.83. The number of ketones is 1. The number of rotatable bonds is 6. The first-order valence-electron chi connectivity index (χ1n) is 10.2. The number of hydrogen-bond donors (Lipinski definition) is 1. The van der Waals surface area contributed by atoms with E-state index in [1.54, 1.807) is 6.07 Å². The van der Waals surface area contributed by atoms with Crippen molar-refractivity contribution in [3.05, 3.63) is 136 Å². The summed E-state index contributed by atoms with van der Waals surface area (Å²) in [6, 6.07) is 32.1. The minimum atomic E-state index is -4.92. The lowest BCUT2D eigenvalue weighted by molar-refractivity contribution is -0.0885. The van der Waals surface area contributed by atoms with E-state index in [-0.39, 0.29) is 0 Å². The maximum Gasteiger partial charge on any atom is 0.454 e. The maximum atomic E-state index is 12.8. The predicted molar refractivity (Wildman–Crippen MR) is 125 cm³/mol. The van der Waals surface area contributed by atoms with Crippen LogP contribution in [0, 0.1) is 0 Å². The summed E-state index contributed by atoms with van der Waals surface area (Å²) in [7, 11) is 0. The molecule has 0 unspecified atom stereocenters. The summed E-state index contributed by atoms with van der Waals surface area (Å²) in [4.78, 5) is 11.6. The molecule has 0 aliphatic carbocycles. The molecule has 4 aromatic carbocycles. The molecule has 1 N–H and O–H groups in total. The van der Waals surface area contributed by atoms with Crippen LogP contribution < -0.4 is 5.32 Å². The monoisotopic (exact) mass is 465 g/mol. The molecule has 0 saturated carbocycles. The van der Waals surface area contributed by atoms with Crippen LogP contribution in [0.4, 0.5) is 18.9 Å². The van der Waals surface area contributed by atoms with Gasteiger partial charge in [0.05, 0.1) is 0 Å². The van der Waals surface area contributed by atoms with Crippen LogP contribution in [0.25, 0.3) is 0 Å². The first kappa shape index (κ1) is 22.6. The van der Waals surface area contributed by atoms with E-state index >= 15 is 0 Å². The van der Waals surface area contributed by atoms with Crippen molar-refractivity contribution < 1.29 is 18.0 Å². The van der Waals surface area contributed by atoms with Crippen molar-refractivity contribution in [2.45, 2.75) is 11.7 Å². The van der Waals surface area contributed by atoms with E-state index in [0.29, 0.717) is 10.7 Å². The van der Waals surface area contributed by atoms with E-state index in [9.17, 15) is 18.0 Å². The molecule has 0 bridgehead atoms. The van der Waals surface area contributed by atoms with Crippen LogP contribution >= 0.6 is 11.6 Å². The Bertz CT molecular complexity index is 1200. The minimum absolute atomic E-state index is 0.416. The van der Waals surface area contributed by atoms with Gasteiger partial charge in [-0.15, -0.1) is 0 Å². The Balaban J connectivity index is 1.89. The van der Waals surface area contributed by atoms with Gasteiger partial charge in [-0.3, -0.25) is 4.79 Å². The molecule has 4 aromatic rings. The molecule has 0 aromatic heterocycles. The Kier molecular flexibility index (Phi) is 6.25. The zero-order chi connectivity index (χ0) is 23.5. The average molecular weight is 466 g/mol. The normalized spacial score (nSPS) is 11.8. The van der Waals surface area contributed by atoms with E-state index < -0.39 is 23.1 Å². The predicted octanol–water partition coefficient (Wildman–Crippen LogP) is 7.49. The summed E-state index contributed by atoms with van der Waals surface area (Å²) in [6.45, 7) is 0. The molecule has 0 radical (unpaired) electrons. The Hall–Kier alpha value is -3.57. The molecule has 0 heterocycles. The van der Waals surface area contributed by atoms with Crippen LogP contribution in [0.1, 0.15) is 27.0 Å². The molecular weight excluding hydrogens is 447 g/mol. The number of benzene rings is 4. The highest BCUT2D eigenvalue weighted by molar-refractivity contribution is 6.30. The van der Waals surface area contributed by atoms with Crippen molar-refractivity contribution in [3.8, 4) is 0 Å². The van der Waals surface area contributed by atoms with Gasteiger partial charge in [-0.2, -0.15) is 13.2 Å². The molecule has 0 atom stereocenters. The molecule has 0 amide bonds. The third-order valence-corrected chi connectivity index (χ3v) is 5.64. The van der Waals surface area contributed by atoms with Gasteiger partial charge < -0.3 is 5.32 Å². The summed E-state index contributed by atoms with van der Waals surface area (Å²) in [5.74, 6) is -1.87. The number of carbonyl (C=O) groups excluding carboxylic acids is 1. The zero-order valence-corrected chi connectivity index (χ0v) is 18.1. The fraction of sp³-hybridized carbons (Fsp3) is 0.0741. The highest BCUT2D eigenvalue weighted by Gasteiger charge is 2.40. The van der Waals surface area contributed by atoms with Crippen molar-refractivity contribution in [2.75, 3.05) is 5.32 Å². The number of hydrogen-bond acceptors (Lipinski definition) is 2. The van der Waals surface area contributed by atoms with Gasteiger partial charge in [-0.1, -0.05) is 84.4 Å². The summed E-state index contributed by atoms with van der Waals surface area (Å²) < 4.78 is 38.5. The molecule has 0 spiro atoms. The number of nitrogens with one attached hydrogen (secondary N) is 1. The van der Waals surface area contributed by atoms with Crippen molar-refractivity contribution in [2.24, 2.45) is 0 Å². The molecule has 0 saturated heterocycles. The summed E-state index contributed by atoms with van der Waals surface area (Å²) in [5.41, 5.74) is 1.90. The number of halogens is 4. The lowest BCUT2D eigenvalue weighted by Crippen LogP contribution is -2.38. The lowest BCUT2D eigenvalue weighted by atomic mass is 9.76. The molecule has 0 aliphatic heterocycles. The van der Waals surface area contributed by atoms with Crippen LogP contribution in [0.15, 0.2) is 109 Å². The minimum Gasteiger partial charge on any atom is -0.368 e. The summed E-state index contributed by atoms with van der Waals surface area (Å²) in [6.07, 6.45) is -4.92. The van der Waals surface area contributed by atoms with E-state index in [1.165, 1.54) is 24.3 Å². The molecule has 0 aliphatic rings. The topological polar surface area (TPSA) is 29.1 Å². The zero-order valence-electron chi connectivity index (χ0n) is 17.3. The molecule has 166 valence electrons. The fourth-order valence-corrected chi connectivity index (χ4v) is 4.09. The number of alkyl halides is 3. The Morgan fingerprint density at radius 1 is 0.667 bits per heavy atom.